The molecule has 0 radical (unpaired) electrons. The van der Waals surface area contributed by atoms with Gasteiger partial charge in [0.1, 0.15) is 37.1 Å². The first-order chi connectivity index (χ1) is 16.4. The van der Waals surface area contributed by atoms with E-state index in [0.29, 0.717) is 0 Å². The number of hydrogen-bond acceptors (Lipinski definition) is 13. The summed E-state index contributed by atoms with van der Waals surface area (Å²) in [5, 5.41) is 40.2. The molecule has 2 unspecified atom stereocenters. The van der Waals surface area contributed by atoms with Crippen molar-refractivity contribution < 1.29 is 68.0 Å². The van der Waals surface area contributed by atoms with Crippen LogP contribution in [-0.2, 0) is 47.6 Å². The molecule has 2 heterocycles. The van der Waals surface area contributed by atoms with Crippen LogP contribution < -0.4 is 0 Å². The van der Waals surface area contributed by atoms with Crippen LogP contribution in [0, 0.1) is 11.8 Å². The topological polar surface area (TPSA) is 205 Å². The Balaban J connectivity index is 2.37. The maximum atomic E-state index is 12.3. The number of methoxy groups -OCH3 is 1. The average molecular weight is 506 g/mol. The Morgan fingerprint density at radius 3 is 2.23 bits per heavy atom. The summed E-state index contributed by atoms with van der Waals surface area (Å²) in [6.45, 7) is 3.22. The van der Waals surface area contributed by atoms with Gasteiger partial charge in [-0.3, -0.25) is 14.4 Å². The number of ether oxygens (including phenoxy) is 6. The third-order valence-corrected chi connectivity index (χ3v) is 5.60. The molecule has 2 aliphatic heterocycles. The van der Waals surface area contributed by atoms with Crippen molar-refractivity contribution >= 4 is 23.9 Å². The fourth-order valence-corrected chi connectivity index (χ4v) is 3.98. The zero-order chi connectivity index (χ0) is 26.4. The summed E-state index contributed by atoms with van der Waals surface area (Å²) in [6.07, 6.45) is -10.3. The maximum absolute atomic E-state index is 12.3. The number of esters is 3. The Hall–Kier alpha value is -2.78. The van der Waals surface area contributed by atoms with Crippen molar-refractivity contribution in [3.05, 3.63) is 11.8 Å². The number of aliphatic hydroxyl groups excluding tert-OH is 3. The van der Waals surface area contributed by atoms with Gasteiger partial charge in [-0.25, -0.2) is 4.79 Å². The molecule has 1 saturated heterocycles. The molecule has 0 aromatic heterocycles. The van der Waals surface area contributed by atoms with Gasteiger partial charge in [0.25, 0.3) is 0 Å². The minimum absolute atomic E-state index is 0.146. The SMILES string of the molecule is COC(=O)C1=COC(O[C@@H]2O[C@H](COC(C)=O)[C@@H](O)[C@H](O)[C@H]2O)[C@H](C(C)OC(C)=O)[C@@H]1CC(=O)O. The smallest absolute Gasteiger partial charge is 0.337 e. The summed E-state index contributed by atoms with van der Waals surface area (Å²) in [6, 6.07) is 0. The number of carbonyl (C=O) groups is 4. The highest BCUT2D eigenvalue weighted by Gasteiger charge is 2.50. The highest BCUT2D eigenvalue weighted by Crippen LogP contribution is 2.39. The molecule has 0 aliphatic carbocycles. The number of aliphatic hydroxyl groups is 3. The molecule has 35 heavy (non-hydrogen) atoms. The number of rotatable bonds is 9. The average Bonchev–Trinajstić information content (AvgIpc) is 2.77. The van der Waals surface area contributed by atoms with Crippen LogP contribution in [0.1, 0.15) is 27.2 Å². The van der Waals surface area contributed by atoms with Crippen molar-refractivity contribution in [3.63, 3.8) is 0 Å². The highest BCUT2D eigenvalue weighted by atomic mass is 16.8. The lowest BCUT2D eigenvalue weighted by Crippen LogP contribution is -2.61. The summed E-state index contributed by atoms with van der Waals surface area (Å²) in [5.41, 5.74) is -0.146. The summed E-state index contributed by atoms with van der Waals surface area (Å²) in [4.78, 5) is 46.6. The van der Waals surface area contributed by atoms with E-state index in [2.05, 4.69) is 0 Å². The molecule has 0 spiro atoms. The Labute approximate surface area is 200 Å². The lowest BCUT2D eigenvalue weighted by Gasteiger charge is -2.44. The molecule has 0 bridgehead atoms. The zero-order valence-corrected chi connectivity index (χ0v) is 19.6. The number of carboxylic acid groups (broad SMARTS) is 1. The molecule has 14 nitrogen and oxygen atoms in total. The summed E-state index contributed by atoms with van der Waals surface area (Å²) in [5.74, 6) is -5.75. The predicted octanol–water partition coefficient (Wildman–Crippen LogP) is -1.55. The Morgan fingerprint density at radius 2 is 1.69 bits per heavy atom. The summed E-state index contributed by atoms with van der Waals surface area (Å²) < 4.78 is 31.4. The normalized spacial score (nSPS) is 33.5. The van der Waals surface area contributed by atoms with Gasteiger partial charge >= 0.3 is 23.9 Å². The molecule has 14 heteroatoms. The number of carboxylic acids is 1. The van der Waals surface area contributed by atoms with Crippen LogP contribution in [0.4, 0.5) is 0 Å². The molecule has 4 N–H and O–H groups in total. The first kappa shape index (κ1) is 28.5. The third-order valence-electron chi connectivity index (χ3n) is 5.60. The summed E-state index contributed by atoms with van der Waals surface area (Å²) >= 11 is 0. The van der Waals surface area contributed by atoms with Crippen molar-refractivity contribution in [2.24, 2.45) is 11.8 Å². The lowest BCUT2D eigenvalue weighted by atomic mass is 9.78. The first-order valence-corrected chi connectivity index (χ1v) is 10.7. The van der Waals surface area contributed by atoms with Gasteiger partial charge in [-0.05, 0) is 6.92 Å². The molecule has 0 saturated carbocycles. The van der Waals surface area contributed by atoms with Gasteiger partial charge in [0.05, 0.1) is 31.3 Å². The van der Waals surface area contributed by atoms with Crippen LogP contribution in [0.15, 0.2) is 11.8 Å². The van der Waals surface area contributed by atoms with Crippen LogP contribution >= 0.6 is 0 Å². The van der Waals surface area contributed by atoms with E-state index in [1.54, 1.807) is 0 Å². The summed E-state index contributed by atoms with van der Waals surface area (Å²) in [7, 11) is 1.09. The molecule has 0 aromatic rings. The van der Waals surface area contributed by atoms with E-state index < -0.39 is 91.8 Å². The molecule has 2 aliphatic rings. The highest BCUT2D eigenvalue weighted by molar-refractivity contribution is 5.89. The maximum Gasteiger partial charge on any atom is 0.337 e. The van der Waals surface area contributed by atoms with E-state index >= 15 is 0 Å². The monoisotopic (exact) mass is 506 g/mol. The molecule has 0 aromatic carbocycles. The van der Waals surface area contributed by atoms with Crippen molar-refractivity contribution in [3.8, 4) is 0 Å². The van der Waals surface area contributed by atoms with Crippen LogP contribution in [0.25, 0.3) is 0 Å². The minimum Gasteiger partial charge on any atom is -0.481 e. The van der Waals surface area contributed by atoms with Crippen LogP contribution in [-0.4, -0.2) is 101 Å². The molecular weight excluding hydrogens is 476 g/mol. The zero-order valence-electron chi connectivity index (χ0n) is 19.6. The van der Waals surface area contributed by atoms with Crippen molar-refractivity contribution in [2.75, 3.05) is 13.7 Å². The molecule has 2 rings (SSSR count). The van der Waals surface area contributed by atoms with Crippen molar-refractivity contribution in [1.29, 1.82) is 0 Å². The number of carbonyl (C=O) groups excluding carboxylic acids is 3. The molecular formula is C21H30O14. The third kappa shape index (κ3) is 7.11. The van der Waals surface area contributed by atoms with E-state index in [9.17, 15) is 39.6 Å². The minimum atomic E-state index is -1.80. The Kier molecular flexibility index (Phi) is 9.97. The molecule has 198 valence electrons. The first-order valence-electron chi connectivity index (χ1n) is 10.7. The molecule has 9 atom stereocenters. The van der Waals surface area contributed by atoms with Gasteiger partial charge in [-0.1, -0.05) is 0 Å². The largest absolute Gasteiger partial charge is 0.481 e. The lowest BCUT2D eigenvalue weighted by molar-refractivity contribution is -0.345. The van der Waals surface area contributed by atoms with Crippen LogP contribution in [0.5, 0.6) is 0 Å². The quantitative estimate of drug-likeness (QED) is 0.206. The number of hydrogen-bond donors (Lipinski definition) is 4. The fraction of sp³-hybridized carbons (Fsp3) is 0.714. The second kappa shape index (κ2) is 12.3. The Morgan fingerprint density at radius 1 is 1.03 bits per heavy atom. The van der Waals surface area contributed by atoms with Gasteiger partial charge < -0.3 is 48.8 Å². The Bertz CT molecular complexity index is 825. The van der Waals surface area contributed by atoms with Crippen molar-refractivity contribution in [2.45, 2.75) is 70.3 Å². The van der Waals surface area contributed by atoms with Gasteiger partial charge in [-0.2, -0.15) is 0 Å². The van der Waals surface area contributed by atoms with Gasteiger partial charge in [0.2, 0.25) is 6.29 Å². The molecule has 1 fully saturated rings. The second-order valence-electron chi connectivity index (χ2n) is 8.12. The van der Waals surface area contributed by atoms with E-state index in [1.165, 1.54) is 6.92 Å². The second-order valence-corrected chi connectivity index (χ2v) is 8.12. The van der Waals surface area contributed by atoms with E-state index in [1.807, 2.05) is 0 Å². The van der Waals surface area contributed by atoms with Crippen LogP contribution in [0.2, 0.25) is 0 Å². The predicted molar refractivity (Wildman–Crippen MR) is 110 cm³/mol. The van der Waals surface area contributed by atoms with Gasteiger partial charge in [0.15, 0.2) is 6.29 Å². The number of aliphatic carboxylic acids is 1. The van der Waals surface area contributed by atoms with Gasteiger partial charge in [-0.15, -0.1) is 0 Å². The fourth-order valence-electron chi connectivity index (χ4n) is 3.98. The van der Waals surface area contributed by atoms with E-state index in [4.69, 9.17) is 28.4 Å². The standard InChI is InChI=1S/C21H30O14/c1-8(33-10(3)23)15-11(5-14(24)25)12(19(29)30-4)6-32-20(15)35-21-18(28)17(27)16(26)13(34-21)7-31-9(2)22/h6,8,11,13,15-18,20-21,26-28H,5,7H2,1-4H3,(H,24,25)/t8?,11-,13-,15-,16-,17+,18-,20?,21+/m1/s1. The van der Waals surface area contributed by atoms with Gasteiger partial charge in [0, 0.05) is 19.8 Å². The van der Waals surface area contributed by atoms with Crippen molar-refractivity contribution in [1.82, 2.24) is 0 Å². The van der Waals surface area contributed by atoms with E-state index in [-0.39, 0.29) is 5.57 Å². The van der Waals surface area contributed by atoms with Crippen LogP contribution in [0.3, 0.4) is 0 Å². The molecule has 0 amide bonds. The van der Waals surface area contributed by atoms with E-state index in [0.717, 1.165) is 27.2 Å².